The number of hydrogen-bond donors (Lipinski definition) is 2. The monoisotopic (exact) mass is 365 g/mol. The van der Waals surface area contributed by atoms with Crippen molar-refractivity contribution in [2.75, 3.05) is 6.54 Å². The van der Waals surface area contributed by atoms with Crippen molar-refractivity contribution in [2.24, 2.45) is 0 Å². The van der Waals surface area contributed by atoms with Gasteiger partial charge in [-0.25, -0.2) is 14.2 Å². The summed E-state index contributed by atoms with van der Waals surface area (Å²) in [7, 11) is 0. The number of rotatable bonds is 5. The van der Waals surface area contributed by atoms with Gasteiger partial charge < -0.3 is 5.32 Å². The third-order valence-electron chi connectivity index (χ3n) is 2.42. The van der Waals surface area contributed by atoms with Crippen LogP contribution in [0, 0.1) is 3.57 Å². The molecule has 0 aliphatic carbocycles. The second kappa shape index (κ2) is 7.34. The van der Waals surface area contributed by atoms with Crippen LogP contribution in [0.5, 0.6) is 0 Å². The Morgan fingerprint density at radius 1 is 1.39 bits per heavy atom. The van der Waals surface area contributed by atoms with E-state index in [4.69, 9.17) is 0 Å². The summed E-state index contributed by atoms with van der Waals surface area (Å²) in [6, 6.07) is -0.509. The summed E-state index contributed by atoms with van der Waals surface area (Å²) in [4.78, 5) is 36.3. The summed E-state index contributed by atoms with van der Waals surface area (Å²) in [5, 5.41) is 2.64. The Kier molecular flexibility index (Phi) is 6.10. The van der Waals surface area contributed by atoms with E-state index in [1.165, 1.54) is 6.20 Å². The fourth-order valence-electron chi connectivity index (χ4n) is 1.43. The predicted octanol–water partition coefficient (Wildman–Crippen LogP) is 1.28. The average molecular weight is 365 g/mol. The van der Waals surface area contributed by atoms with Crippen molar-refractivity contribution in [3.05, 3.63) is 30.6 Å². The van der Waals surface area contributed by atoms with Gasteiger partial charge in [-0.2, -0.15) is 0 Å². The number of unbranched alkanes of at least 4 members (excludes halogenated alkanes) is 3. The maximum atomic E-state index is 11.7. The number of amides is 1. The molecule has 0 saturated carbocycles. The number of nitrogens with one attached hydrogen (secondary N) is 2. The quantitative estimate of drug-likeness (QED) is 0.609. The van der Waals surface area contributed by atoms with Crippen LogP contribution in [-0.2, 0) is 0 Å². The van der Waals surface area contributed by atoms with Gasteiger partial charge in [-0.05, 0) is 29.0 Å². The van der Waals surface area contributed by atoms with Gasteiger partial charge in [0.2, 0.25) is 0 Å². The van der Waals surface area contributed by atoms with Gasteiger partial charge in [0.1, 0.15) is 0 Å². The smallest absolute Gasteiger partial charge is 0.336 e. The lowest BCUT2D eigenvalue weighted by atomic mass is 10.2. The van der Waals surface area contributed by atoms with Gasteiger partial charge in [0.25, 0.3) is 5.56 Å². The minimum absolute atomic E-state index is 0.299. The topological polar surface area (TPSA) is 84.0 Å². The molecule has 2 N–H and O–H groups in total. The number of aromatic nitrogens is 2. The molecule has 1 amide bonds. The van der Waals surface area contributed by atoms with Crippen molar-refractivity contribution in [3.63, 3.8) is 0 Å². The van der Waals surface area contributed by atoms with Crippen LogP contribution in [0.25, 0.3) is 0 Å². The second-order valence-electron chi connectivity index (χ2n) is 3.90. The number of nitrogens with zero attached hydrogens (tertiary/aromatic N) is 1. The summed E-state index contributed by atoms with van der Waals surface area (Å²) < 4.78 is 1.18. The lowest BCUT2D eigenvalue weighted by Crippen LogP contribution is -2.40. The van der Waals surface area contributed by atoms with E-state index in [0.717, 1.165) is 30.3 Å². The number of aromatic amines is 1. The van der Waals surface area contributed by atoms with Gasteiger partial charge >= 0.3 is 11.7 Å². The standard InChI is InChI=1S/C11H16IN3O3/c1-2-3-4-5-6-13-10(17)15-7-8(12)9(16)14-11(15)18/h7H,2-6H2,1H3,(H,13,17)(H,14,16,18). The summed E-state index contributed by atoms with van der Waals surface area (Å²) >= 11 is 1.77. The lowest BCUT2D eigenvalue weighted by molar-refractivity contribution is 0.241. The van der Waals surface area contributed by atoms with Crippen LogP contribution < -0.4 is 16.6 Å². The number of carbonyl (C=O) groups is 1. The van der Waals surface area contributed by atoms with Crippen molar-refractivity contribution in [1.29, 1.82) is 0 Å². The van der Waals surface area contributed by atoms with Crippen molar-refractivity contribution >= 4 is 28.6 Å². The Balaban J connectivity index is 2.60. The maximum Gasteiger partial charge on any atom is 0.336 e. The van der Waals surface area contributed by atoms with E-state index in [2.05, 4.69) is 17.2 Å². The molecule has 18 heavy (non-hydrogen) atoms. The molecule has 0 fully saturated rings. The highest BCUT2D eigenvalue weighted by Crippen LogP contribution is 1.97. The van der Waals surface area contributed by atoms with E-state index in [1.807, 2.05) is 0 Å². The van der Waals surface area contributed by atoms with Crippen molar-refractivity contribution < 1.29 is 4.79 Å². The fourth-order valence-corrected chi connectivity index (χ4v) is 1.84. The van der Waals surface area contributed by atoms with Gasteiger partial charge in [-0.1, -0.05) is 26.2 Å². The summed E-state index contributed by atoms with van der Waals surface area (Å²) in [5.41, 5.74) is -1.20. The van der Waals surface area contributed by atoms with Crippen molar-refractivity contribution in [1.82, 2.24) is 14.9 Å². The number of halogens is 1. The van der Waals surface area contributed by atoms with Crippen LogP contribution >= 0.6 is 22.6 Å². The molecule has 0 atom stereocenters. The van der Waals surface area contributed by atoms with E-state index in [-0.39, 0.29) is 0 Å². The van der Waals surface area contributed by atoms with Gasteiger partial charge in [0.05, 0.1) is 3.57 Å². The Bertz CT molecular complexity index is 521. The highest BCUT2D eigenvalue weighted by molar-refractivity contribution is 14.1. The first kappa shape index (κ1) is 14.9. The molecule has 0 unspecified atom stereocenters. The molecule has 1 rings (SSSR count). The van der Waals surface area contributed by atoms with E-state index in [9.17, 15) is 14.4 Å². The second-order valence-corrected chi connectivity index (χ2v) is 5.06. The number of H-pyrrole nitrogens is 1. The van der Waals surface area contributed by atoms with Crippen LogP contribution in [0.3, 0.4) is 0 Å². The van der Waals surface area contributed by atoms with E-state index in [1.54, 1.807) is 22.6 Å². The van der Waals surface area contributed by atoms with Crippen LogP contribution in [0.4, 0.5) is 4.79 Å². The molecule has 100 valence electrons. The highest BCUT2D eigenvalue weighted by atomic mass is 127. The third-order valence-corrected chi connectivity index (χ3v) is 3.19. The molecule has 0 aliphatic rings. The highest BCUT2D eigenvalue weighted by Gasteiger charge is 2.08. The molecule has 0 spiro atoms. The van der Waals surface area contributed by atoms with Crippen molar-refractivity contribution in [3.8, 4) is 0 Å². The molecule has 6 nitrogen and oxygen atoms in total. The normalized spacial score (nSPS) is 10.3. The number of carbonyl (C=O) groups excluding carboxylic acids is 1. The summed E-state index contributed by atoms with van der Waals surface area (Å²) in [6.45, 7) is 2.64. The molecule has 0 aromatic carbocycles. The maximum absolute atomic E-state index is 11.7. The molecule has 1 aromatic heterocycles. The molecular weight excluding hydrogens is 349 g/mol. The molecule has 1 aromatic rings. The van der Waals surface area contributed by atoms with Gasteiger partial charge in [0.15, 0.2) is 0 Å². The lowest BCUT2D eigenvalue weighted by Gasteiger charge is -2.06. The Morgan fingerprint density at radius 2 is 2.11 bits per heavy atom. The molecular formula is C11H16IN3O3. The average Bonchev–Trinajstić information content (AvgIpc) is 2.33. The van der Waals surface area contributed by atoms with E-state index >= 15 is 0 Å². The molecule has 7 heteroatoms. The van der Waals surface area contributed by atoms with Crippen LogP contribution in [0.1, 0.15) is 32.6 Å². The van der Waals surface area contributed by atoms with Crippen LogP contribution in [-0.4, -0.2) is 22.1 Å². The van der Waals surface area contributed by atoms with E-state index in [0.29, 0.717) is 10.1 Å². The third kappa shape index (κ3) is 4.28. The Labute approximate surface area is 118 Å². The summed E-state index contributed by atoms with van der Waals surface area (Å²) in [6.07, 6.45) is 5.44. The SMILES string of the molecule is CCCCCCNC(=O)n1cc(I)c(=O)[nH]c1=O. The first-order chi connectivity index (χ1) is 8.56. The first-order valence-corrected chi connectivity index (χ1v) is 6.93. The minimum Gasteiger partial charge on any atom is -0.337 e. The largest absolute Gasteiger partial charge is 0.337 e. The zero-order chi connectivity index (χ0) is 13.5. The Morgan fingerprint density at radius 3 is 2.78 bits per heavy atom. The number of hydrogen-bond acceptors (Lipinski definition) is 3. The zero-order valence-electron chi connectivity index (χ0n) is 10.2. The van der Waals surface area contributed by atoms with Gasteiger partial charge in [-0.3, -0.25) is 9.78 Å². The molecule has 0 bridgehead atoms. The minimum atomic E-state index is -0.716. The van der Waals surface area contributed by atoms with Crippen molar-refractivity contribution in [2.45, 2.75) is 32.6 Å². The fraction of sp³-hybridized carbons (Fsp3) is 0.545. The molecule has 1 heterocycles. The molecule has 0 saturated heterocycles. The Hall–Kier alpha value is -1.12. The van der Waals surface area contributed by atoms with E-state index < -0.39 is 17.3 Å². The zero-order valence-corrected chi connectivity index (χ0v) is 12.3. The molecule has 0 aliphatic heterocycles. The predicted molar refractivity (Wildman–Crippen MR) is 77.0 cm³/mol. The van der Waals surface area contributed by atoms with Crippen LogP contribution in [0.2, 0.25) is 0 Å². The van der Waals surface area contributed by atoms with Crippen LogP contribution in [0.15, 0.2) is 15.8 Å². The van der Waals surface area contributed by atoms with Gasteiger partial charge in [-0.15, -0.1) is 0 Å². The molecule has 0 radical (unpaired) electrons. The van der Waals surface area contributed by atoms with Gasteiger partial charge in [0, 0.05) is 12.7 Å². The summed E-state index contributed by atoms with van der Waals surface area (Å²) in [5.74, 6) is 0. The first-order valence-electron chi connectivity index (χ1n) is 5.86.